The minimum Gasteiger partial charge on any atom is -0.480 e. The number of rotatable bonds is 37. The Hall–Kier alpha value is -6.21. The molecule has 0 rings (SSSR count). The van der Waals surface area contributed by atoms with Crippen molar-refractivity contribution in [3.8, 4) is 0 Å². The smallest absolute Gasteiger partial charge is 0.328 e. The van der Waals surface area contributed by atoms with Crippen molar-refractivity contribution in [2.45, 2.75) is 229 Å². The highest BCUT2D eigenvalue weighted by Gasteiger charge is 2.42. The third kappa shape index (κ3) is 25.6. The van der Waals surface area contributed by atoms with Gasteiger partial charge >= 0.3 is 5.97 Å². The van der Waals surface area contributed by atoms with E-state index in [1.165, 1.54) is 70.7 Å². The molecular weight excluding hydrogens is 1110 g/mol. The van der Waals surface area contributed by atoms with Gasteiger partial charge in [0.25, 0.3) is 0 Å². The Morgan fingerprint density at radius 2 is 0.849 bits per heavy atom. The van der Waals surface area contributed by atoms with E-state index < -0.39 is 156 Å². The van der Waals surface area contributed by atoms with Gasteiger partial charge in [0.2, 0.25) is 59.1 Å². The Balaban J connectivity index is 6.62. The topological polar surface area (TPSA) is 351 Å². The average Bonchev–Trinajstić information content (AvgIpc) is 3.61. The van der Waals surface area contributed by atoms with Crippen molar-refractivity contribution in [2.24, 2.45) is 47.2 Å². The minimum absolute atomic E-state index is 0.0944. The lowest BCUT2D eigenvalue weighted by molar-refractivity contribution is -0.149. The van der Waals surface area contributed by atoms with E-state index >= 15 is 0 Å². The van der Waals surface area contributed by atoms with Gasteiger partial charge < -0.3 is 72.1 Å². The highest BCUT2D eigenvalue weighted by Crippen LogP contribution is 2.21. The van der Waals surface area contributed by atoms with Crippen LogP contribution in [0.25, 0.3) is 0 Å². The van der Waals surface area contributed by atoms with Gasteiger partial charge in [-0.3, -0.25) is 47.9 Å². The van der Waals surface area contributed by atoms with Crippen molar-refractivity contribution in [3.63, 3.8) is 0 Å². The van der Waals surface area contributed by atoms with Crippen LogP contribution in [0.3, 0.4) is 0 Å². The van der Waals surface area contributed by atoms with E-state index in [2.05, 4.69) is 26.6 Å². The van der Waals surface area contributed by atoms with Gasteiger partial charge in [0.15, 0.2) is 6.04 Å². The molecule has 494 valence electrons. The van der Waals surface area contributed by atoms with Crippen molar-refractivity contribution in [3.05, 3.63) is 12.2 Å². The van der Waals surface area contributed by atoms with Gasteiger partial charge in [-0.2, -0.15) is 0 Å². The van der Waals surface area contributed by atoms with E-state index in [1.807, 2.05) is 69.2 Å². The number of amides is 10. The van der Waals surface area contributed by atoms with Crippen molar-refractivity contribution >= 4 is 65.0 Å². The van der Waals surface area contributed by atoms with Crippen LogP contribution in [0, 0.1) is 41.4 Å². The highest BCUT2D eigenvalue weighted by atomic mass is 16.4. The minimum atomic E-state index is -1.68. The summed E-state index contributed by atoms with van der Waals surface area (Å²) < 4.78 is 0. The molecule has 0 saturated carbocycles. The maximum absolute atomic E-state index is 14.5. The van der Waals surface area contributed by atoms with Crippen LogP contribution in [0.1, 0.15) is 156 Å². The Labute approximate surface area is 512 Å². The summed E-state index contributed by atoms with van der Waals surface area (Å²) in [6.45, 7) is 29.0. The number of carboxylic acids is 1. The van der Waals surface area contributed by atoms with E-state index in [9.17, 15) is 68.1 Å². The molecule has 0 saturated heterocycles. The number of hydrogen-bond donors (Lipinski definition) is 9. The molecule has 0 aromatic carbocycles. The van der Waals surface area contributed by atoms with Gasteiger partial charge in [0.1, 0.15) is 54.4 Å². The Morgan fingerprint density at radius 3 is 1.23 bits per heavy atom. The summed E-state index contributed by atoms with van der Waals surface area (Å²) in [5.41, 5.74) is 5.81. The molecule has 25 nitrogen and oxygen atoms in total. The molecule has 25 heteroatoms. The van der Waals surface area contributed by atoms with Gasteiger partial charge in [-0.15, -0.1) is 0 Å². The fraction of sp³-hybridized carbons (Fsp3) is 0.787. The molecule has 86 heavy (non-hydrogen) atoms. The number of nitrogens with one attached hydrogen (secondary N) is 5. The first-order valence-corrected chi connectivity index (χ1v) is 30.3. The second kappa shape index (κ2) is 37.5. The molecule has 0 aliphatic heterocycles. The quantitative estimate of drug-likeness (QED) is 0.0401. The highest BCUT2D eigenvalue weighted by molar-refractivity contribution is 5.98. The first-order valence-electron chi connectivity index (χ1n) is 30.3. The van der Waals surface area contributed by atoms with Crippen molar-refractivity contribution in [1.82, 2.24) is 51.1 Å². The molecule has 0 aliphatic rings. The number of nitrogens with two attached hydrogens (primary N) is 1. The number of carbonyl (C=O) groups is 11. The fourth-order valence-electron chi connectivity index (χ4n) is 9.90. The van der Waals surface area contributed by atoms with Gasteiger partial charge in [0.05, 0.1) is 18.8 Å². The Bertz CT molecular complexity index is 2290. The molecule has 0 radical (unpaired) electrons. The molecule has 0 bridgehead atoms. The summed E-state index contributed by atoms with van der Waals surface area (Å²) in [5, 5.41) is 44.2. The second-order valence-corrected chi connectivity index (χ2v) is 25.9. The number of carboxylic acid groups (broad SMARTS) is 1. The van der Waals surface area contributed by atoms with Crippen LogP contribution in [0.15, 0.2) is 12.2 Å². The number of hydrogen-bond acceptors (Lipinski definition) is 14. The molecule has 0 fully saturated rings. The summed E-state index contributed by atoms with van der Waals surface area (Å²) in [5.74, 6) is -10.0. The molecule has 0 spiro atoms. The van der Waals surface area contributed by atoms with Crippen LogP contribution in [-0.2, 0) is 52.7 Å². The molecule has 3 unspecified atom stereocenters. The van der Waals surface area contributed by atoms with E-state index in [1.54, 1.807) is 39.8 Å². The number of aliphatic hydroxyl groups excluding tert-OH is 2. The maximum Gasteiger partial charge on any atom is 0.328 e. The van der Waals surface area contributed by atoms with Crippen LogP contribution >= 0.6 is 0 Å². The predicted octanol–water partition coefficient (Wildman–Crippen LogP) is 1.86. The summed E-state index contributed by atoms with van der Waals surface area (Å²) >= 11 is 0. The van der Waals surface area contributed by atoms with Crippen LogP contribution in [-0.4, -0.2) is 219 Å². The molecular formula is C61H111N11O14. The maximum atomic E-state index is 14.5. The average molecular weight is 1220 g/mol. The van der Waals surface area contributed by atoms with Crippen LogP contribution in [0.2, 0.25) is 0 Å². The largest absolute Gasteiger partial charge is 0.480 e. The number of aliphatic carboxylic acids is 1. The lowest BCUT2D eigenvalue weighted by atomic mass is 9.93. The van der Waals surface area contributed by atoms with Crippen molar-refractivity contribution in [2.75, 3.05) is 41.8 Å². The predicted molar refractivity (Wildman–Crippen MR) is 329 cm³/mol. The van der Waals surface area contributed by atoms with Crippen molar-refractivity contribution in [1.29, 1.82) is 0 Å². The summed E-state index contributed by atoms with van der Waals surface area (Å²) in [6, 6.07) is -12.4. The summed E-state index contributed by atoms with van der Waals surface area (Å²) in [6.07, 6.45) is 2.00. The lowest BCUT2D eigenvalue weighted by Crippen LogP contribution is -2.61. The van der Waals surface area contributed by atoms with Gasteiger partial charge in [-0.25, -0.2) is 4.79 Å². The Kier molecular flexibility index (Phi) is 34.8. The normalized spacial score (nSPS) is 16.4. The first-order chi connectivity index (χ1) is 39.5. The van der Waals surface area contributed by atoms with Crippen LogP contribution in [0.4, 0.5) is 0 Å². The van der Waals surface area contributed by atoms with E-state index in [0.29, 0.717) is 6.42 Å². The molecule has 0 heterocycles. The zero-order valence-corrected chi connectivity index (χ0v) is 55.7. The molecule has 10 N–H and O–H groups in total. The lowest BCUT2D eigenvalue weighted by Gasteiger charge is -2.36. The van der Waals surface area contributed by atoms with E-state index in [-0.39, 0.29) is 61.7 Å². The SMILES string of the molecule is C/C=C/CC(C)C(O)C(NC(=O)[C@H](C(C)C)N(C)C(=O)[C@H](CC(C)C)NC(=O)[C@H](CC(C)C)N(C)C(=O)[C@H](C)NC(=O)[C@H](C)NC(=O)[C@H](CC(C)C)N(C)C(=O)[C@H](CC(C)C)NC(=O)[C@H](CC(C)C)N(C)C(=O)CN(C)C(=O)[C@@H](N)[C@@H](C)O)C(=O)O. The van der Waals surface area contributed by atoms with Crippen LogP contribution in [0.5, 0.6) is 0 Å². The summed E-state index contributed by atoms with van der Waals surface area (Å²) in [7, 11) is 6.97. The monoisotopic (exact) mass is 1220 g/mol. The van der Waals surface area contributed by atoms with Crippen molar-refractivity contribution < 1.29 is 68.1 Å². The summed E-state index contributed by atoms with van der Waals surface area (Å²) in [4.78, 5) is 158. The van der Waals surface area contributed by atoms with Gasteiger partial charge in [-0.1, -0.05) is 102 Å². The number of aliphatic hydroxyl groups is 2. The number of nitrogens with zero attached hydrogens (tertiary/aromatic N) is 5. The molecule has 0 aromatic rings. The molecule has 13 atom stereocenters. The number of likely N-dealkylation sites (N-methyl/N-ethyl adjacent to an activating group) is 5. The second-order valence-electron chi connectivity index (χ2n) is 25.9. The van der Waals surface area contributed by atoms with Gasteiger partial charge in [-0.05, 0) is 108 Å². The van der Waals surface area contributed by atoms with E-state index in [0.717, 1.165) is 9.80 Å². The fourth-order valence-corrected chi connectivity index (χ4v) is 9.90. The third-order valence-electron chi connectivity index (χ3n) is 15.1. The number of carbonyl (C=O) groups excluding carboxylic acids is 10. The van der Waals surface area contributed by atoms with Gasteiger partial charge in [0, 0.05) is 35.2 Å². The number of allylic oxidation sites excluding steroid dienone is 2. The zero-order valence-electron chi connectivity index (χ0n) is 55.7. The molecule has 10 amide bonds. The molecule has 0 aromatic heterocycles. The molecule has 0 aliphatic carbocycles. The van der Waals surface area contributed by atoms with E-state index in [4.69, 9.17) is 5.73 Å². The standard InChI is InChI=1S/C61H111N11O14/c1-23-24-25-38(14)51(75)49(61(85)86)67-56(80)50(37(12)13)72(22)59(83)43(27-33(4)5)66-55(79)46(30-36(10)11)70(20)57(81)40(16)64-52(76)39(15)63-53(77)45(29-35(8)9)71(21)58(82)42(26-32(2)3)65-54(78)44(28-34(6)7)69(19)47(74)31-68(18)60(84)48(62)41(17)73/h23-24,32-46,48-51,73,75H,25-31,62H2,1-22H3,(H,63,77)(H,64,76)(H,65,78)(H,66,79)(H,67,80)(H,85,86)/b24-23+/t38?,39-,40-,41+,42-,43-,44-,45-,46-,48-,49?,50-,51?/m0/s1. The zero-order chi connectivity index (χ0) is 67.1. The third-order valence-corrected chi connectivity index (χ3v) is 15.1. The Morgan fingerprint density at radius 1 is 0.465 bits per heavy atom. The van der Waals surface area contributed by atoms with Crippen LogP contribution < -0.4 is 32.3 Å². The first kappa shape index (κ1) is 79.8.